The number of likely N-dealkylation sites (tertiary alicyclic amines) is 1. The second-order valence-corrected chi connectivity index (χ2v) is 7.92. The van der Waals surface area contributed by atoms with E-state index >= 15 is 0 Å². The summed E-state index contributed by atoms with van der Waals surface area (Å²) in [5, 5.41) is 6.04. The number of anilines is 1. The van der Waals surface area contributed by atoms with Gasteiger partial charge in [-0.25, -0.2) is 0 Å². The van der Waals surface area contributed by atoms with E-state index in [4.69, 9.17) is 16.3 Å². The zero-order valence-electron chi connectivity index (χ0n) is 17.9. The van der Waals surface area contributed by atoms with Crippen molar-refractivity contribution in [2.75, 3.05) is 32.1 Å². The van der Waals surface area contributed by atoms with E-state index in [1.54, 1.807) is 12.1 Å². The molecule has 31 heavy (non-hydrogen) atoms. The molecule has 0 spiro atoms. The molecule has 1 saturated heterocycles. The summed E-state index contributed by atoms with van der Waals surface area (Å²) in [6.07, 6.45) is 10.7. The van der Waals surface area contributed by atoms with Gasteiger partial charge in [-0.15, -0.1) is 12.4 Å². The van der Waals surface area contributed by atoms with Crippen LogP contribution < -0.4 is 15.4 Å². The van der Waals surface area contributed by atoms with Crippen LogP contribution in [0.15, 0.2) is 35.9 Å². The molecule has 1 aliphatic heterocycles. The van der Waals surface area contributed by atoms with Gasteiger partial charge in [0.15, 0.2) is 0 Å². The summed E-state index contributed by atoms with van der Waals surface area (Å²) in [5.41, 5.74) is 2.27. The number of piperidine rings is 1. The fourth-order valence-corrected chi connectivity index (χ4v) is 3.96. The smallest absolute Gasteiger partial charge is 0.255 e. The zero-order chi connectivity index (χ0) is 20.8. The van der Waals surface area contributed by atoms with Crippen LogP contribution in [0.25, 0.3) is 0 Å². The average molecular weight is 472 g/mol. The fraction of sp³-hybridized carbons (Fsp3) is 0.455. The van der Waals surface area contributed by atoms with Crippen LogP contribution in [0.4, 0.5) is 5.69 Å². The van der Waals surface area contributed by atoms with Crippen molar-refractivity contribution < 1.29 is 19.8 Å². The highest BCUT2D eigenvalue weighted by Crippen LogP contribution is 2.31. The van der Waals surface area contributed by atoms with E-state index in [9.17, 15) is 9.59 Å². The van der Waals surface area contributed by atoms with Crippen LogP contribution in [0.5, 0.6) is 5.75 Å². The normalized spacial score (nSPS) is 16.4. The molecule has 2 aliphatic rings. The summed E-state index contributed by atoms with van der Waals surface area (Å²) in [6.45, 7) is 4.34. The lowest BCUT2D eigenvalue weighted by Gasteiger charge is -2.33. The van der Waals surface area contributed by atoms with E-state index in [1.807, 2.05) is 0 Å². The summed E-state index contributed by atoms with van der Waals surface area (Å²) in [4.78, 5) is 26.6. The number of methoxy groups -OCH3 is 1. The van der Waals surface area contributed by atoms with Crippen molar-refractivity contribution in [2.24, 2.45) is 0 Å². The molecule has 7 nitrogen and oxygen atoms in total. The molecule has 1 aliphatic carbocycles. The van der Waals surface area contributed by atoms with E-state index < -0.39 is 0 Å². The Labute approximate surface area is 194 Å². The molecule has 1 aromatic rings. The van der Waals surface area contributed by atoms with Crippen molar-refractivity contribution in [3.05, 3.63) is 46.5 Å². The van der Waals surface area contributed by atoms with Crippen LogP contribution >= 0.6 is 24.0 Å². The monoisotopic (exact) mass is 471 g/mol. The number of halogens is 2. The Morgan fingerprint density at radius 1 is 1.23 bits per heavy atom. The van der Waals surface area contributed by atoms with Gasteiger partial charge >= 0.3 is 0 Å². The molecule has 2 amide bonds. The van der Waals surface area contributed by atoms with Gasteiger partial charge in [0, 0.05) is 38.7 Å². The Morgan fingerprint density at radius 3 is 2.52 bits per heavy atom. The molecule has 0 unspecified atom stereocenters. The van der Waals surface area contributed by atoms with E-state index in [1.165, 1.54) is 19.6 Å². The molecule has 3 rings (SSSR count). The number of rotatable bonds is 6. The fourth-order valence-electron chi connectivity index (χ4n) is 3.75. The van der Waals surface area contributed by atoms with Crippen LogP contribution in [0.3, 0.4) is 0 Å². The van der Waals surface area contributed by atoms with Gasteiger partial charge in [-0.05, 0) is 31.7 Å². The van der Waals surface area contributed by atoms with Crippen molar-refractivity contribution in [2.45, 2.75) is 38.6 Å². The molecule has 0 aromatic heterocycles. The number of hydrogen-bond donors (Lipinski definition) is 2. The van der Waals surface area contributed by atoms with Crippen molar-refractivity contribution in [1.29, 1.82) is 0 Å². The van der Waals surface area contributed by atoms with E-state index in [-0.39, 0.29) is 35.7 Å². The van der Waals surface area contributed by atoms with Crippen molar-refractivity contribution in [3.63, 3.8) is 0 Å². The quantitative estimate of drug-likeness (QED) is 0.620. The van der Waals surface area contributed by atoms with Crippen molar-refractivity contribution in [3.8, 4) is 5.75 Å². The number of amides is 2. The van der Waals surface area contributed by atoms with Crippen molar-refractivity contribution >= 4 is 41.5 Å². The first kappa shape index (κ1) is 27.0. The maximum absolute atomic E-state index is 12.8. The second kappa shape index (κ2) is 12.7. The lowest BCUT2D eigenvalue weighted by molar-refractivity contribution is -0.114. The average Bonchev–Trinajstić information content (AvgIpc) is 2.71. The SMILES string of the molecule is COc1cc(NC(C)=O)c(Cl)cc1C(=O)NC1CCN(CC2=CCC=CC2)CC1.Cl.O. The molecular formula is C22H31Cl2N3O4. The number of ether oxygens (including phenoxy) is 1. The minimum absolute atomic E-state index is 0. The van der Waals surface area contributed by atoms with Gasteiger partial charge in [0.05, 0.1) is 23.4 Å². The molecule has 1 aromatic carbocycles. The first-order valence-electron chi connectivity index (χ1n) is 9.97. The maximum Gasteiger partial charge on any atom is 0.255 e. The van der Waals surface area contributed by atoms with Crippen LogP contribution in [0.1, 0.15) is 43.0 Å². The third-order valence-corrected chi connectivity index (χ3v) is 5.60. The number of allylic oxidation sites excluding steroid dienone is 3. The minimum atomic E-state index is -0.238. The van der Waals surface area contributed by atoms with Gasteiger partial charge in [-0.3, -0.25) is 14.5 Å². The maximum atomic E-state index is 12.8. The topological polar surface area (TPSA) is 102 Å². The second-order valence-electron chi connectivity index (χ2n) is 7.51. The third kappa shape index (κ3) is 7.54. The number of benzene rings is 1. The standard InChI is InChI=1S/C22H28ClN3O3.ClH.H2O/c1-15(27)24-20-13-21(29-2)18(12-19(20)23)22(28)25-17-8-10-26(11-9-17)14-16-6-4-3-5-7-16;;/h3-4,7,12-13,17H,5-6,8-11,14H2,1-2H3,(H,24,27)(H,25,28);1H;1H2. The molecule has 0 radical (unpaired) electrons. The largest absolute Gasteiger partial charge is 0.496 e. The van der Waals surface area contributed by atoms with Gasteiger partial charge < -0.3 is 20.8 Å². The zero-order valence-corrected chi connectivity index (χ0v) is 19.4. The van der Waals surface area contributed by atoms with Gasteiger partial charge in [0.25, 0.3) is 5.91 Å². The Balaban J connectivity index is 0.00000240. The highest BCUT2D eigenvalue weighted by Gasteiger charge is 2.24. The first-order valence-corrected chi connectivity index (χ1v) is 10.3. The Bertz CT molecular complexity index is 834. The number of nitrogens with one attached hydrogen (secondary N) is 2. The van der Waals surface area contributed by atoms with Crippen LogP contribution in [0.2, 0.25) is 5.02 Å². The molecule has 9 heteroatoms. The summed E-state index contributed by atoms with van der Waals surface area (Å²) in [7, 11) is 1.49. The predicted octanol–water partition coefficient (Wildman–Crippen LogP) is 3.37. The summed E-state index contributed by atoms with van der Waals surface area (Å²) in [6, 6.07) is 3.24. The van der Waals surface area contributed by atoms with E-state index in [0.717, 1.165) is 45.3 Å². The van der Waals surface area contributed by atoms with E-state index in [0.29, 0.717) is 22.0 Å². The summed E-state index contributed by atoms with van der Waals surface area (Å²) >= 11 is 6.23. The van der Waals surface area contributed by atoms with Gasteiger partial charge in [0.2, 0.25) is 5.91 Å². The molecule has 4 N–H and O–H groups in total. The van der Waals surface area contributed by atoms with Crippen LogP contribution in [-0.4, -0.2) is 55.0 Å². The Hall–Kier alpha value is -2.06. The van der Waals surface area contributed by atoms with Crippen LogP contribution in [0, 0.1) is 0 Å². The number of carbonyl (C=O) groups excluding carboxylic acids is 2. The lowest BCUT2D eigenvalue weighted by atomic mass is 10.0. The molecule has 1 heterocycles. The number of hydrogen-bond acceptors (Lipinski definition) is 4. The minimum Gasteiger partial charge on any atom is -0.496 e. The van der Waals surface area contributed by atoms with Crippen LogP contribution in [-0.2, 0) is 4.79 Å². The molecular weight excluding hydrogens is 441 g/mol. The number of nitrogens with zero attached hydrogens (tertiary/aromatic N) is 1. The lowest BCUT2D eigenvalue weighted by Crippen LogP contribution is -2.45. The predicted molar refractivity (Wildman–Crippen MR) is 127 cm³/mol. The molecule has 172 valence electrons. The Morgan fingerprint density at radius 2 is 1.94 bits per heavy atom. The van der Waals surface area contributed by atoms with Gasteiger partial charge in [-0.2, -0.15) is 0 Å². The highest BCUT2D eigenvalue weighted by molar-refractivity contribution is 6.34. The summed E-state index contributed by atoms with van der Waals surface area (Å²) < 4.78 is 5.34. The summed E-state index contributed by atoms with van der Waals surface area (Å²) in [5.74, 6) is -0.0694. The van der Waals surface area contributed by atoms with E-state index in [2.05, 4.69) is 33.8 Å². The number of carbonyl (C=O) groups is 2. The molecule has 1 fully saturated rings. The third-order valence-electron chi connectivity index (χ3n) is 5.28. The Kier molecular flexibility index (Phi) is 11.1. The van der Waals surface area contributed by atoms with Gasteiger partial charge in [0.1, 0.15) is 5.75 Å². The first-order chi connectivity index (χ1) is 14.0. The highest BCUT2D eigenvalue weighted by atomic mass is 35.5. The molecule has 0 saturated carbocycles. The van der Waals surface area contributed by atoms with Gasteiger partial charge in [-0.1, -0.05) is 35.4 Å². The molecule has 0 atom stereocenters. The van der Waals surface area contributed by atoms with Crippen molar-refractivity contribution in [1.82, 2.24) is 10.2 Å². The molecule has 0 bridgehead atoms.